The Kier molecular flexibility index (Phi) is 29.1. The molecule has 0 heterocycles. The van der Waals surface area contributed by atoms with Crippen LogP contribution in [0.2, 0.25) is 0 Å². The summed E-state index contributed by atoms with van der Waals surface area (Å²) in [6.07, 6.45) is 21.7. The Labute approximate surface area is 289 Å². The third-order valence-corrected chi connectivity index (χ3v) is 9.30. The summed E-state index contributed by atoms with van der Waals surface area (Å²) in [5, 5.41) is 0. The molecular weight excluding hydrogens is 594 g/mol. The van der Waals surface area contributed by atoms with E-state index in [1.807, 2.05) is 32.8 Å². The molecule has 0 fully saturated rings. The lowest BCUT2D eigenvalue weighted by molar-refractivity contribution is -0.216. The number of unbranched alkanes of at least 4 members (excludes halogenated alkanes) is 17. The first kappa shape index (κ1) is 45.2. The van der Waals surface area contributed by atoms with Crippen molar-refractivity contribution in [3.63, 3.8) is 0 Å². The van der Waals surface area contributed by atoms with E-state index in [4.69, 9.17) is 18.9 Å². The van der Waals surface area contributed by atoms with Crippen LogP contribution in [0.4, 0.5) is 4.79 Å². The zero-order chi connectivity index (χ0) is 35.2. The van der Waals surface area contributed by atoms with E-state index >= 15 is 0 Å². The van der Waals surface area contributed by atoms with Gasteiger partial charge in [-0.05, 0) is 46.2 Å². The molecule has 0 N–H and O–H groups in total. The molecule has 0 radical (unpaired) electrons. The predicted octanol–water partition coefficient (Wildman–Crippen LogP) is 10.9. The van der Waals surface area contributed by atoms with Crippen molar-refractivity contribution >= 4 is 18.1 Å². The molecule has 0 aliphatic carbocycles. The van der Waals surface area contributed by atoms with Crippen molar-refractivity contribution in [1.29, 1.82) is 0 Å². The Morgan fingerprint density at radius 2 is 1.00 bits per heavy atom. The van der Waals surface area contributed by atoms with Crippen LogP contribution < -0.4 is 0 Å². The van der Waals surface area contributed by atoms with E-state index in [1.54, 1.807) is 0 Å². The number of carbonyl (C=O) groups excluding carboxylic acids is 3. The summed E-state index contributed by atoms with van der Waals surface area (Å²) in [7, 11) is 3.83. The average Bonchev–Trinajstić information content (AvgIpc) is 3.04. The first-order valence-electron chi connectivity index (χ1n) is 19.5. The first-order valence-corrected chi connectivity index (χ1v) is 19.5. The second-order valence-corrected chi connectivity index (χ2v) is 13.8. The predicted molar refractivity (Wildman–Crippen MR) is 192 cm³/mol. The molecule has 2 unspecified atom stereocenters. The van der Waals surface area contributed by atoms with Crippen LogP contribution >= 0.6 is 0 Å². The number of rotatable bonds is 32. The van der Waals surface area contributed by atoms with Crippen LogP contribution in [0.1, 0.15) is 189 Å². The molecule has 0 aliphatic rings. The largest absolute Gasteiger partial charge is 0.508 e. The minimum Gasteiger partial charge on any atom is -0.433 e. The highest BCUT2D eigenvalue weighted by Gasteiger charge is 2.46. The lowest BCUT2D eigenvalue weighted by Crippen LogP contribution is -2.49. The Morgan fingerprint density at radius 1 is 0.596 bits per heavy atom. The van der Waals surface area contributed by atoms with Gasteiger partial charge < -0.3 is 23.8 Å². The van der Waals surface area contributed by atoms with E-state index in [9.17, 15) is 14.4 Å². The molecule has 0 saturated carbocycles. The van der Waals surface area contributed by atoms with Crippen molar-refractivity contribution in [2.75, 3.05) is 27.2 Å². The van der Waals surface area contributed by atoms with E-state index in [1.165, 1.54) is 44.9 Å². The molecular formula is C39H75NO7. The second kappa shape index (κ2) is 30.2. The maximum atomic E-state index is 13.0. The summed E-state index contributed by atoms with van der Waals surface area (Å²) in [5.74, 6) is -1.33. The van der Waals surface area contributed by atoms with Crippen LogP contribution in [-0.2, 0) is 28.5 Å². The fraction of sp³-hybridized carbons (Fsp3) is 0.923. The van der Waals surface area contributed by atoms with Crippen molar-refractivity contribution < 1.29 is 33.3 Å². The summed E-state index contributed by atoms with van der Waals surface area (Å²) in [6.45, 7) is 11.2. The van der Waals surface area contributed by atoms with Crippen LogP contribution in [0, 0.1) is 5.92 Å². The lowest BCUT2D eigenvalue weighted by Gasteiger charge is -2.40. The smallest absolute Gasteiger partial charge is 0.433 e. The van der Waals surface area contributed by atoms with Crippen LogP contribution in [0.15, 0.2) is 0 Å². The van der Waals surface area contributed by atoms with Crippen molar-refractivity contribution in [3.05, 3.63) is 0 Å². The minimum absolute atomic E-state index is 0.210. The molecule has 0 amide bonds. The zero-order valence-electron chi connectivity index (χ0n) is 31.8. The summed E-state index contributed by atoms with van der Waals surface area (Å²) in [6, 6.07) is 0. The summed E-state index contributed by atoms with van der Waals surface area (Å²) in [5.41, 5.74) is -1.01. The van der Waals surface area contributed by atoms with Gasteiger partial charge in [0, 0.05) is 19.4 Å². The summed E-state index contributed by atoms with van der Waals surface area (Å²) >= 11 is 0. The highest BCUT2D eigenvalue weighted by molar-refractivity contribution is 5.71. The third-order valence-electron chi connectivity index (χ3n) is 9.30. The van der Waals surface area contributed by atoms with E-state index in [-0.39, 0.29) is 31.4 Å². The highest BCUT2D eigenvalue weighted by atomic mass is 16.7. The third kappa shape index (κ3) is 24.0. The topological polar surface area (TPSA) is 91.4 Å². The monoisotopic (exact) mass is 670 g/mol. The molecule has 2 atom stereocenters. The van der Waals surface area contributed by atoms with Crippen molar-refractivity contribution in [2.24, 2.45) is 5.92 Å². The molecule has 0 aromatic rings. The fourth-order valence-electron chi connectivity index (χ4n) is 5.96. The molecule has 0 aromatic carbocycles. The standard InChI is InChI=1S/C39H75NO7/c1-8-12-15-18-19-20-21-22-25-28-31-39(11-4,47-38(43)44-33-32-40(6)7)34(5)37(45-35(41)29-26-23-16-13-9-2)46-36(42)30-27-24-17-14-10-3/h34,37H,8-33H2,1-7H3. The van der Waals surface area contributed by atoms with E-state index in [0.717, 1.165) is 83.5 Å². The maximum Gasteiger partial charge on any atom is 0.508 e. The number of carbonyl (C=O) groups is 3. The van der Waals surface area contributed by atoms with Crippen molar-refractivity contribution in [1.82, 2.24) is 4.90 Å². The van der Waals surface area contributed by atoms with E-state index < -0.39 is 24.0 Å². The molecule has 0 saturated heterocycles. The van der Waals surface area contributed by atoms with E-state index in [2.05, 4.69) is 20.8 Å². The fourth-order valence-corrected chi connectivity index (χ4v) is 5.96. The molecule has 0 rings (SSSR count). The second-order valence-electron chi connectivity index (χ2n) is 13.8. The Balaban J connectivity index is 5.69. The molecule has 278 valence electrons. The van der Waals surface area contributed by atoms with Gasteiger partial charge in [0.25, 0.3) is 6.29 Å². The molecule has 47 heavy (non-hydrogen) atoms. The molecule has 0 spiro atoms. The lowest BCUT2D eigenvalue weighted by atomic mass is 9.80. The van der Waals surface area contributed by atoms with Crippen molar-refractivity contribution in [2.45, 2.75) is 201 Å². The summed E-state index contributed by atoms with van der Waals surface area (Å²) in [4.78, 5) is 41.0. The Morgan fingerprint density at radius 3 is 1.40 bits per heavy atom. The van der Waals surface area contributed by atoms with E-state index in [0.29, 0.717) is 19.4 Å². The van der Waals surface area contributed by atoms with Gasteiger partial charge in [-0.15, -0.1) is 0 Å². The van der Waals surface area contributed by atoms with Crippen LogP contribution in [0.5, 0.6) is 0 Å². The van der Waals surface area contributed by atoms with Gasteiger partial charge in [0.1, 0.15) is 12.2 Å². The highest BCUT2D eigenvalue weighted by Crippen LogP contribution is 2.37. The molecule has 8 nitrogen and oxygen atoms in total. The van der Waals surface area contributed by atoms with Crippen molar-refractivity contribution in [3.8, 4) is 0 Å². The van der Waals surface area contributed by atoms with Gasteiger partial charge in [0.15, 0.2) is 0 Å². The number of esters is 2. The molecule has 8 heteroatoms. The zero-order valence-corrected chi connectivity index (χ0v) is 31.8. The van der Waals surface area contributed by atoms with Gasteiger partial charge in [-0.25, -0.2) is 4.79 Å². The van der Waals surface area contributed by atoms with Gasteiger partial charge in [0.05, 0.1) is 5.92 Å². The average molecular weight is 670 g/mol. The number of nitrogens with zero attached hydrogens (tertiary/aromatic N) is 1. The molecule has 0 bridgehead atoms. The Bertz CT molecular complexity index is 746. The molecule has 0 aromatic heterocycles. The van der Waals surface area contributed by atoms with Crippen LogP contribution in [-0.4, -0.2) is 62.1 Å². The number of ether oxygens (including phenoxy) is 4. The van der Waals surface area contributed by atoms with Gasteiger partial charge in [-0.1, -0.05) is 144 Å². The summed E-state index contributed by atoms with van der Waals surface area (Å²) < 4.78 is 23.4. The van der Waals surface area contributed by atoms with Gasteiger partial charge in [-0.3, -0.25) is 9.59 Å². The Hall–Kier alpha value is -1.83. The normalized spacial score (nSPS) is 13.4. The van der Waals surface area contributed by atoms with Gasteiger partial charge >= 0.3 is 18.1 Å². The van der Waals surface area contributed by atoms with Gasteiger partial charge in [-0.2, -0.15) is 0 Å². The minimum atomic E-state index is -1.14. The van der Waals surface area contributed by atoms with Gasteiger partial charge in [0.2, 0.25) is 0 Å². The van der Waals surface area contributed by atoms with Crippen LogP contribution in [0.3, 0.4) is 0 Å². The quantitative estimate of drug-likeness (QED) is 0.0397. The van der Waals surface area contributed by atoms with Crippen LogP contribution in [0.25, 0.3) is 0 Å². The molecule has 0 aliphatic heterocycles. The number of likely N-dealkylation sites (N-methyl/N-ethyl adjacent to an activating group) is 1. The maximum absolute atomic E-state index is 13.0. The number of hydrogen-bond acceptors (Lipinski definition) is 8. The number of hydrogen-bond donors (Lipinski definition) is 0. The SMILES string of the molecule is CCCCCCCCCCCCC(CC)(OC(=O)OCCN(C)C)C(C)C(OC(=O)CCCCCCC)OC(=O)CCCCCCC. The first-order chi connectivity index (χ1) is 22.6.